The molecule has 0 aromatic rings. The second-order valence-electron chi connectivity index (χ2n) is 2.19. The van der Waals surface area contributed by atoms with Gasteiger partial charge in [0.2, 0.25) is 0 Å². The largest absolute Gasteiger partial charge is 0.346 e. The molecule has 0 saturated heterocycles. The monoisotopic (exact) mass is 180 g/mol. The molecule has 0 atom stereocenters. The van der Waals surface area contributed by atoms with Gasteiger partial charge in [0.1, 0.15) is 0 Å². The SMILES string of the molecule is CCCCS(=O)(=O)OC(C)=O. The van der Waals surface area contributed by atoms with Crippen molar-refractivity contribution in [1.82, 2.24) is 0 Å². The topological polar surface area (TPSA) is 60.4 Å². The minimum Gasteiger partial charge on any atom is -0.346 e. The van der Waals surface area contributed by atoms with Crippen LogP contribution in [0.5, 0.6) is 0 Å². The lowest BCUT2D eigenvalue weighted by atomic mass is 10.4. The fourth-order valence-electron chi connectivity index (χ4n) is 0.542. The van der Waals surface area contributed by atoms with Crippen LogP contribution < -0.4 is 0 Å². The van der Waals surface area contributed by atoms with Gasteiger partial charge in [0, 0.05) is 6.92 Å². The maximum atomic E-state index is 10.8. The molecule has 4 nitrogen and oxygen atoms in total. The number of carbonyl (C=O) groups excluding carboxylic acids is 1. The maximum absolute atomic E-state index is 10.8. The highest BCUT2D eigenvalue weighted by Crippen LogP contribution is 1.98. The van der Waals surface area contributed by atoms with Gasteiger partial charge >= 0.3 is 16.1 Å². The van der Waals surface area contributed by atoms with Gasteiger partial charge in [-0.15, -0.1) is 0 Å². The van der Waals surface area contributed by atoms with E-state index in [1.165, 1.54) is 0 Å². The molecule has 0 aliphatic rings. The van der Waals surface area contributed by atoms with Gasteiger partial charge in [0.05, 0.1) is 5.75 Å². The van der Waals surface area contributed by atoms with Crippen LogP contribution in [-0.4, -0.2) is 20.1 Å². The lowest BCUT2D eigenvalue weighted by Gasteiger charge is -2.00. The zero-order valence-corrected chi connectivity index (χ0v) is 7.48. The van der Waals surface area contributed by atoms with Crippen LogP contribution in [0.15, 0.2) is 0 Å². The average Bonchev–Trinajstić information content (AvgIpc) is 1.81. The first-order chi connectivity index (χ1) is 4.98. The predicted octanol–water partition coefficient (Wildman–Crippen LogP) is 0.679. The third-order valence-corrected chi connectivity index (χ3v) is 2.27. The van der Waals surface area contributed by atoms with Gasteiger partial charge in [-0.2, -0.15) is 8.42 Å². The lowest BCUT2D eigenvalue weighted by molar-refractivity contribution is -0.131. The highest BCUT2D eigenvalue weighted by atomic mass is 32.2. The Balaban J connectivity index is 3.92. The third-order valence-electron chi connectivity index (χ3n) is 0.992. The molecule has 0 unspecified atom stereocenters. The zero-order chi connectivity index (χ0) is 8.91. The fourth-order valence-corrected chi connectivity index (χ4v) is 1.62. The van der Waals surface area contributed by atoms with Crippen LogP contribution in [0.1, 0.15) is 26.7 Å². The highest BCUT2D eigenvalue weighted by molar-refractivity contribution is 7.87. The molecule has 0 aliphatic carbocycles. The van der Waals surface area contributed by atoms with Crippen LogP contribution in [0.3, 0.4) is 0 Å². The number of unbranched alkanes of at least 4 members (excludes halogenated alkanes) is 1. The molecule has 0 aliphatic heterocycles. The minimum absolute atomic E-state index is 0.0803. The first kappa shape index (κ1) is 10.4. The molecule has 0 amide bonds. The summed E-state index contributed by atoms with van der Waals surface area (Å²) >= 11 is 0. The second kappa shape index (κ2) is 4.33. The Morgan fingerprint density at radius 3 is 2.36 bits per heavy atom. The first-order valence-electron chi connectivity index (χ1n) is 3.40. The van der Waals surface area contributed by atoms with E-state index in [0.717, 1.165) is 13.3 Å². The van der Waals surface area contributed by atoms with Crippen LogP contribution in [0.4, 0.5) is 0 Å². The summed E-state index contributed by atoms with van der Waals surface area (Å²) < 4.78 is 25.6. The molecule has 11 heavy (non-hydrogen) atoms. The molecule has 0 aromatic heterocycles. The Bertz CT molecular complexity index is 217. The van der Waals surface area contributed by atoms with Crippen LogP contribution >= 0.6 is 0 Å². The van der Waals surface area contributed by atoms with Gasteiger partial charge in [0.15, 0.2) is 0 Å². The summed E-state index contributed by atoms with van der Waals surface area (Å²) in [4.78, 5) is 10.2. The number of carbonyl (C=O) groups is 1. The number of rotatable bonds is 4. The molecule has 0 rings (SSSR count). The van der Waals surface area contributed by atoms with Crippen molar-refractivity contribution in [2.24, 2.45) is 0 Å². The summed E-state index contributed by atoms with van der Waals surface area (Å²) in [6, 6.07) is 0. The average molecular weight is 180 g/mol. The molecule has 5 heteroatoms. The molecule has 66 valence electrons. The molecule has 0 saturated carbocycles. The van der Waals surface area contributed by atoms with E-state index in [-0.39, 0.29) is 5.75 Å². The van der Waals surface area contributed by atoms with Crippen LogP contribution in [0.25, 0.3) is 0 Å². The molecule has 0 spiro atoms. The summed E-state index contributed by atoms with van der Waals surface area (Å²) in [5, 5.41) is 0. The van der Waals surface area contributed by atoms with Gasteiger partial charge in [0.25, 0.3) is 0 Å². The van der Waals surface area contributed by atoms with Crippen LogP contribution in [-0.2, 0) is 19.1 Å². The van der Waals surface area contributed by atoms with Gasteiger partial charge < -0.3 is 4.18 Å². The van der Waals surface area contributed by atoms with Gasteiger partial charge in [-0.05, 0) is 6.42 Å². The molecule has 0 heterocycles. The molecular weight excluding hydrogens is 168 g/mol. The molecular formula is C6H12O4S. The van der Waals surface area contributed by atoms with Gasteiger partial charge in [-0.1, -0.05) is 13.3 Å². The van der Waals surface area contributed by atoms with E-state index in [4.69, 9.17) is 0 Å². The summed E-state index contributed by atoms with van der Waals surface area (Å²) in [6.07, 6.45) is 1.29. The van der Waals surface area contributed by atoms with E-state index in [1.54, 1.807) is 0 Å². The van der Waals surface area contributed by atoms with Crippen molar-refractivity contribution in [3.05, 3.63) is 0 Å². The highest BCUT2D eigenvalue weighted by Gasteiger charge is 2.12. The van der Waals surface area contributed by atoms with E-state index >= 15 is 0 Å². The quantitative estimate of drug-likeness (QED) is 0.597. The number of hydrogen-bond acceptors (Lipinski definition) is 4. The minimum atomic E-state index is -3.59. The Morgan fingerprint density at radius 2 is 2.00 bits per heavy atom. The smallest absolute Gasteiger partial charge is 0.319 e. The van der Waals surface area contributed by atoms with Crippen molar-refractivity contribution >= 4 is 16.1 Å². The van der Waals surface area contributed by atoms with E-state index in [2.05, 4.69) is 4.18 Å². The Morgan fingerprint density at radius 1 is 1.45 bits per heavy atom. The van der Waals surface area contributed by atoms with E-state index in [1.807, 2.05) is 6.92 Å². The fraction of sp³-hybridized carbons (Fsp3) is 0.833. The molecule has 0 radical (unpaired) electrons. The zero-order valence-electron chi connectivity index (χ0n) is 6.66. The lowest BCUT2D eigenvalue weighted by Crippen LogP contribution is -2.13. The van der Waals surface area contributed by atoms with Crippen molar-refractivity contribution in [1.29, 1.82) is 0 Å². The van der Waals surface area contributed by atoms with Gasteiger partial charge in [-0.25, -0.2) is 0 Å². The van der Waals surface area contributed by atoms with Crippen molar-refractivity contribution in [2.75, 3.05) is 5.75 Å². The van der Waals surface area contributed by atoms with E-state index < -0.39 is 16.1 Å². The normalized spacial score (nSPS) is 11.1. The third kappa shape index (κ3) is 5.84. The summed E-state index contributed by atoms with van der Waals surface area (Å²) in [7, 11) is -3.59. The first-order valence-corrected chi connectivity index (χ1v) is 4.98. The van der Waals surface area contributed by atoms with E-state index in [9.17, 15) is 13.2 Å². The maximum Gasteiger partial charge on any atom is 0.319 e. The summed E-state index contributed by atoms with van der Waals surface area (Å²) in [6.45, 7) is 2.94. The second-order valence-corrected chi connectivity index (χ2v) is 3.88. The molecule has 0 fully saturated rings. The number of hydrogen-bond donors (Lipinski definition) is 0. The van der Waals surface area contributed by atoms with Crippen molar-refractivity contribution in [2.45, 2.75) is 26.7 Å². The van der Waals surface area contributed by atoms with Crippen molar-refractivity contribution in [3.63, 3.8) is 0 Å². The van der Waals surface area contributed by atoms with E-state index in [0.29, 0.717) is 6.42 Å². The molecule has 0 aromatic carbocycles. The molecule has 0 N–H and O–H groups in total. The standard InChI is InChI=1S/C6H12O4S/c1-3-4-5-11(8,9)10-6(2)7/h3-5H2,1-2H3. The van der Waals surface area contributed by atoms with Crippen LogP contribution in [0, 0.1) is 0 Å². The Labute approximate surface area is 66.7 Å². The predicted molar refractivity (Wildman–Crippen MR) is 40.5 cm³/mol. The van der Waals surface area contributed by atoms with Crippen molar-refractivity contribution < 1.29 is 17.4 Å². The Kier molecular flexibility index (Phi) is 4.10. The van der Waals surface area contributed by atoms with Gasteiger partial charge in [-0.3, -0.25) is 4.79 Å². The Hall–Kier alpha value is -0.580. The summed E-state index contributed by atoms with van der Waals surface area (Å²) in [5.74, 6) is -0.857. The van der Waals surface area contributed by atoms with Crippen molar-refractivity contribution in [3.8, 4) is 0 Å². The summed E-state index contributed by atoms with van der Waals surface area (Å²) in [5.41, 5.74) is 0. The van der Waals surface area contributed by atoms with Crippen LogP contribution in [0.2, 0.25) is 0 Å². The molecule has 0 bridgehead atoms.